The lowest BCUT2D eigenvalue weighted by atomic mass is 9.99. The highest BCUT2D eigenvalue weighted by Crippen LogP contribution is 2.32. The van der Waals surface area contributed by atoms with Gasteiger partial charge in [-0.05, 0) is 37.8 Å². The van der Waals surface area contributed by atoms with E-state index in [1.807, 2.05) is 6.07 Å². The van der Waals surface area contributed by atoms with E-state index in [2.05, 4.69) is 12.2 Å². The lowest BCUT2D eigenvalue weighted by molar-refractivity contribution is 0.247. The topological polar surface area (TPSA) is 41.5 Å². The average molecular weight is 281 g/mol. The molecule has 0 amide bonds. The summed E-state index contributed by atoms with van der Waals surface area (Å²) in [7, 11) is 0. The zero-order valence-electron chi connectivity index (χ0n) is 12.1. The third kappa shape index (κ3) is 3.93. The standard InChI is InChI=1S/C16H24FNO2/c1-2-12(7-8-19)11-18-15-4-3-9-20-16-10-13(17)5-6-14(15)16/h5-6,10,12,15,18-19H,2-4,7-9,11H2,1H3. The first-order chi connectivity index (χ1) is 9.74. The van der Waals surface area contributed by atoms with Crippen molar-refractivity contribution >= 4 is 0 Å². The molecule has 1 aromatic carbocycles. The zero-order valence-corrected chi connectivity index (χ0v) is 12.1. The Balaban J connectivity index is 2.04. The predicted octanol–water partition coefficient (Wildman–Crippen LogP) is 3.04. The number of halogens is 1. The summed E-state index contributed by atoms with van der Waals surface area (Å²) in [5.41, 5.74) is 1.04. The molecule has 0 fully saturated rings. The van der Waals surface area contributed by atoms with Crippen molar-refractivity contribution in [1.82, 2.24) is 5.32 Å². The predicted molar refractivity (Wildman–Crippen MR) is 77.4 cm³/mol. The van der Waals surface area contributed by atoms with Crippen LogP contribution in [0.3, 0.4) is 0 Å². The first kappa shape index (κ1) is 15.3. The molecular formula is C16H24FNO2. The molecule has 2 atom stereocenters. The van der Waals surface area contributed by atoms with Crippen LogP contribution in [0.1, 0.15) is 44.2 Å². The van der Waals surface area contributed by atoms with Gasteiger partial charge in [-0.25, -0.2) is 4.39 Å². The van der Waals surface area contributed by atoms with E-state index in [9.17, 15) is 4.39 Å². The van der Waals surface area contributed by atoms with E-state index >= 15 is 0 Å². The average Bonchev–Trinajstić information content (AvgIpc) is 2.65. The van der Waals surface area contributed by atoms with Crippen molar-refractivity contribution in [3.63, 3.8) is 0 Å². The minimum Gasteiger partial charge on any atom is -0.493 e. The molecule has 0 radical (unpaired) electrons. The molecule has 4 heteroatoms. The van der Waals surface area contributed by atoms with Crippen LogP contribution >= 0.6 is 0 Å². The summed E-state index contributed by atoms with van der Waals surface area (Å²) >= 11 is 0. The van der Waals surface area contributed by atoms with Gasteiger partial charge in [0, 0.05) is 24.3 Å². The summed E-state index contributed by atoms with van der Waals surface area (Å²) in [6, 6.07) is 5.00. The van der Waals surface area contributed by atoms with Gasteiger partial charge in [-0.15, -0.1) is 0 Å². The molecule has 0 bridgehead atoms. The smallest absolute Gasteiger partial charge is 0.126 e. The van der Waals surface area contributed by atoms with Gasteiger partial charge in [0.15, 0.2) is 0 Å². The molecule has 2 rings (SSSR count). The highest BCUT2D eigenvalue weighted by atomic mass is 19.1. The SMILES string of the molecule is CCC(CCO)CNC1CCCOc2cc(F)ccc21. The number of aliphatic hydroxyl groups excluding tert-OH is 1. The molecule has 0 saturated heterocycles. The van der Waals surface area contributed by atoms with Gasteiger partial charge >= 0.3 is 0 Å². The van der Waals surface area contributed by atoms with Crippen molar-refractivity contribution in [3.8, 4) is 5.75 Å². The minimum atomic E-state index is -0.254. The van der Waals surface area contributed by atoms with Crippen molar-refractivity contribution in [1.29, 1.82) is 0 Å². The number of nitrogens with one attached hydrogen (secondary N) is 1. The second-order valence-electron chi connectivity index (χ2n) is 5.42. The molecule has 0 spiro atoms. The Hall–Kier alpha value is -1.13. The van der Waals surface area contributed by atoms with E-state index in [0.29, 0.717) is 18.3 Å². The number of hydrogen-bond donors (Lipinski definition) is 2. The van der Waals surface area contributed by atoms with Crippen molar-refractivity contribution in [3.05, 3.63) is 29.6 Å². The maximum atomic E-state index is 13.3. The summed E-state index contributed by atoms with van der Waals surface area (Å²) in [5, 5.41) is 12.6. The third-order valence-electron chi connectivity index (χ3n) is 4.01. The third-order valence-corrected chi connectivity index (χ3v) is 4.01. The van der Waals surface area contributed by atoms with E-state index in [0.717, 1.165) is 37.8 Å². The Kier molecular flexibility index (Phi) is 5.80. The molecule has 0 aromatic heterocycles. The molecular weight excluding hydrogens is 257 g/mol. The van der Waals surface area contributed by atoms with Gasteiger partial charge in [0.05, 0.1) is 6.61 Å². The van der Waals surface area contributed by atoms with Gasteiger partial charge in [-0.1, -0.05) is 19.4 Å². The van der Waals surface area contributed by atoms with E-state index in [4.69, 9.17) is 9.84 Å². The highest BCUT2D eigenvalue weighted by molar-refractivity contribution is 5.37. The lowest BCUT2D eigenvalue weighted by Crippen LogP contribution is -2.27. The van der Waals surface area contributed by atoms with Crippen LogP contribution in [-0.2, 0) is 0 Å². The van der Waals surface area contributed by atoms with Crippen LogP contribution in [0, 0.1) is 11.7 Å². The van der Waals surface area contributed by atoms with Crippen LogP contribution in [0.15, 0.2) is 18.2 Å². The molecule has 1 aliphatic heterocycles. The fourth-order valence-corrected chi connectivity index (χ4v) is 2.70. The highest BCUT2D eigenvalue weighted by Gasteiger charge is 2.20. The van der Waals surface area contributed by atoms with Gasteiger partial charge < -0.3 is 15.2 Å². The molecule has 2 N–H and O–H groups in total. The maximum Gasteiger partial charge on any atom is 0.126 e. The first-order valence-electron chi connectivity index (χ1n) is 7.51. The Morgan fingerprint density at radius 3 is 3.10 bits per heavy atom. The van der Waals surface area contributed by atoms with E-state index in [1.54, 1.807) is 0 Å². The number of benzene rings is 1. The molecule has 1 aliphatic rings. The molecule has 20 heavy (non-hydrogen) atoms. The Morgan fingerprint density at radius 1 is 1.50 bits per heavy atom. The lowest BCUT2D eigenvalue weighted by Gasteiger charge is -2.22. The van der Waals surface area contributed by atoms with Gasteiger partial charge in [0.2, 0.25) is 0 Å². The van der Waals surface area contributed by atoms with Crippen molar-refractivity contribution in [2.24, 2.45) is 5.92 Å². The monoisotopic (exact) mass is 281 g/mol. The van der Waals surface area contributed by atoms with Crippen molar-refractivity contribution in [2.45, 2.75) is 38.6 Å². The van der Waals surface area contributed by atoms with Gasteiger partial charge in [0.1, 0.15) is 11.6 Å². The molecule has 1 aromatic rings. The second kappa shape index (κ2) is 7.60. The normalized spacial score (nSPS) is 19.9. The van der Waals surface area contributed by atoms with Gasteiger partial charge in [-0.2, -0.15) is 0 Å². The van der Waals surface area contributed by atoms with Gasteiger partial charge in [-0.3, -0.25) is 0 Å². The van der Waals surface area contributed by atoms with Gasteiger partial charge in [0.25, 0.3) is 0 Å². The summed E-state index contributed by atoms with van der Waals surface area (Å²) < 4.78 is 18.9. The largest absolute Gasteiger partial charge is 0.493 e. The number of aliphatic hydroxyl groups is 1. The quantitative estimate of drug-likeness (QED) is 0.842. The first-order valence-corrected chi connectivity index (χ1v) is 7.51. The summed E-state index contributed by atoms with van der Waals surface area (Å²) in [5.74, 6) is 0.888. The summed E-state index contributed by atoms with van der Waals surface area (Å²) in [6.45, 7) is 3.89. The molecule has 1 heterocycles. The summed E-state index contributed by atoms with van der Waals surface area (Å²) in [4.78, 5) is 0. The molecule has 0 saturated carbocycles. The fraction of sp³-hybridized carbons (Fsp3) is 0.625. The van der Waals surface area contributed by atoms with Crippen molar-refractivity contribution in [2.75, 3.05) is 19.8 Å². The van der Waals surface area contributed by atoms with E-state index in [-0.39, 0.29) is 18.5 Å². The molecule has 2 unspecified atom stereocenters. The van der Waals surface area contributed by atoms with Crippen LogP contribution < -0.4 is 10.1 Å². The van der Waals surface area contributed by atoms with Crippen LogP contribution in [0.2, 0.25) is 0 Å². The second-order valence-corrected chi connectivity index (χ2v) is 5.42. The number of ether oxygens (including phenoxy) is 1. The summed E-state index contributed by atoms with van der Waals surface area (Å²) in [6.07, 6.45) is 3.83. The zero-order chi connectivity index (χ0) is 14.4. The molecule has 112 valence electrons. The molecule has 3 nitrogen and oxygen atoms in total. The van der Waals surface area contributed by atoms with Crippen LogP contribution in [-0.4, -0.2) is 24.9 Å². The number of hydrogen-bond acceptors (Lipinski definition) is 3. The minimum absolute atomic E-state index is 0.209. The number of fused-ring (bicyclic) bond motifs is 1. The van der Waals surface area contributed by atoms with Crippen LogP contribution in [0.4, 0.5) is 4.39 Å². The Bertz CT molecular complexity index is 425. The van der Waals surface area contributed by atoms with E-state index in [1.165, 1.54) is 12.1 Å². The maximum absolute atomic E-state index is 13.3. The fourth-order valence-electron chi connectivity index (χ4n) is 2.70. The molecule has 0 aliphatic carbocycles. The van der Waals surface area contributed by atoms with Crippen LogP contribution in [0.25, 0.3) is 0 Å². The van der Waals surface area contributed by atoms with Crippen molar-refractivity contribution < 1.29 is 14.2 Å². The number of rotatable bonds is 6. The Labute approximate surface area is 120 Å². The Morgan fingerprint density at radius 2 is 2.35 bits per heavy atom. The van der Waals surface area contributed by atoms with Crippen LogP contribution in [0.5, 0.6) is 5.75 Å². The van der Waals surface area contributed by atoms with E-state index < -0.39 is 0 Å².